The van der Waals surface area contributed by atoms with E-state index in [1.54, 1.807) is 0 Å². The van der Waals surface area contributed by atoms with Crippen LogP contribution in [0.1, 0.15) is 38.7 Å². The van der Waals surface area contributed by atoms with Crippen LogP contribution in [0.3, 0.4) is 0 Å². The van der Waals surface area contributed by atoms with Crippen molar-refractivity contribution in [3.05, 3.63) is 35.9 Å². The van der Waals surface area contributed by atoms with Crippen LogP contribution in [-0.2, 0) is 11.2 Å². The summed E-state index contributed by atoms with van der Waals surface area (Å²) < 4.78 is 0. The molecule has 0 unspecified atom stereocenters. The van der Waals surface area contributed by atoms with Crippen LogP contribution in [0.4, 0.5) is 0 Å². The van der Waals surface area contributed by atoms with Crippen LogP contribution in [0.5, 0.6) is 0 Å². The zero-order valence-corrected chi connectivity index (χ0v) is 10.8. The van der Waals surface area contributed by atoms with Gasteiger partial charge in [-0.1, -0.05) is 44.2 Å². The van der Waals surface area contributed by atoms with E-state index in [0.29, 0.717) is 12.8 Å². The van der Waals surface area contributed by atoms with E-state index in [1.165, 1.54) is 5.56 Å². The van der Waals surface area contributed by atoms with Gasteiger partial charge in [-0.25, -0.2) is 0 Å². The summed E-state index contributed by atoms with van der Waals surface area (Å²) in [7, 11) is 0. The van der Waals surface area contributed by atoms with Gasteiger partial charge >= 0.3 is 0 Å². The molecule has 1 aromatic carbocycles. The molecule has 0 aromatic heterocycles. The Hall–Kier alpha value is -1.15. The largest absolute Gasteiger partial charge is 0.396 e. The first-order valence-corrected chi connectivity index (χ1v) is 6.30. The van der Waals surface area contributed by atoms with Gasteiger partial charge in [0.1, 0.15) is 5.78 Å². The third-order valence-electron chi connectivity index (χ3n) is 3.32. The lowest BCUT2D eigenvalue weighted by atomic mass is 9.75. The lowest BCUT2D eigenvalue weighted by Gasteiger charge is -2.27. The highest BCUT2D eigenvalue weighted by Gasteiger charge is 2.31. The Morgan fingerprint density at radius 2 is 1.94 bits per heavy atom. The predicted octanol–water partition coefficient (Wildman–Crippen LogP) is 2.99. The van der Waals surface area contributed by atoms with Gasteiger partial charge in [-0.3, -0.25) is 4.79 Å². The molecule has 0 aliphatic carbocycles. The first-order valence-electron chi connectivity index (χ1n) is 6.30. The number of Topliss-reactive ketones (excluding diaryl/α,β-unsaturated/α-hetero) is 1. The Bertz CT molecular complexity index is 345. The zero-order valence-electron chi connectivity index (χ0n) is 10.8. The fourth-order valence-corrected chi connectivity index (χ4v) is 2.27. The van der Waals surface area contributed by atoms with Gasteiger partial charge in [-0.15, -0.1) is 0 Å². The summed E-state index contributed by atoms with van der Waals surface area (Å²) in [6, 6.07) is 10.1. The van der Waals surface area contributed by atoms with E-state index in [0.717, 1.165) is 12.8 Å². The van der Waals surface area contributed by atoms with E-state index >= 15 is 0 Å². The molecule has 0 spiro atoms. The Labute approximate surface area is 104 Å². The number of carbonyl (C=O) groups is 1. The van der Waals surface area contributed by atoms with Crippen molar-refractivity contribution in [2.24, 2.45) is 5.41 Å². The molecule has 0 radical (unpaired) electrons. The second kappa shape index (κ2) is 6.55. The Morgan fingerprint density at radius 1 is 1.29 bits per heavy atom. The first-order chi connectivity index (χ1) is 8.12. The van der Waals surface area contributed by atoms with Crippen LogP contribution in [-0.4, -0.2) is 17.5 Å². The molecule has 0 aliphatic rings. The zero-order chi connectivity index (χ0) is 12.7. The summed E-state index contributed by atoms with van der Waals surface area (Å²) in [5.41, 5.74) is 0.855. The van der Waals surface area contributed by atoms with Crippen LogP contribution >= 0.6 is 0 Å². The fraction of sp³-hybridized carbons (Fsp3) is 0.533. The topological polar surface area (TPSA) is 37.3 Å². The van der Waals surface area contributed by atoms with Crippen molar-refractivity contribution < 1.29 is 9.90 Å². The molecule has 0 bridgehead atoms. The average molecular weight is 234 g/mol. The molecule has 2 heteroatoms. The smallest absolute Gasteiger partial charge is 0.138 e. The van der Waals surface area contributed by atoms with Gasteiger partial charge in [-0.05, 0) is 24.8 Å². The first kappa shape index (κ1) is 13.9. The summed E-state index contributed by atoms with van der Waals surface area (Å²) in [5.74, 6) is 0.287. The number of hydrogen-bond donors (Lipinski definition) is 1. The molecule has 0 heterocycles. The van der Waals surface area contributed by atoms with Gasteiger partial charge in [0.05, 0.1) is 0 Å². The van der Waals surface area contributed by atoms with Crippen molar-refractivity contribution in [3.63, 3.8) is 0 Å². The molecule has 1 atom stereocenters. The molecule has 1 aromatic rings. The summed E-state index contributed by atoms with van der Waals surface area (Å²) in [6.45, 7) is 4.08. The molecule has 0 fully saturated rings. The van der Waals surface area contributed by atoms with Crippen LogP contribution in [0, 0.1) is 5.41 Å². The number of aliphatic hydroxyl groups excluding tert-OH is 1. The number of rotatable bonds is 7. The van der Waals surface area contributed by atoms with Crippen molar-refractivity contribution in [3.8, 4) is 0 Å². The third-order valence-corrected chi connectivity index (χ3v) is 3.32. The minimum absolute atomic E-state index is 0.154. The fourth-order valence-electron chi connectivity index (χ4n) is 2.27. The maximum Gasteiger partial charge on any atom is 0.138 e. The highest BCUT2D eigenvalue weighted by molar-refractivity contribution is 5.84. The summed E-state index contributed by atoms with van der Waals surface area (Å²) in [4.78, 5) is 12.1. The molecule has 17 heavy (non-hydrogen) atoms. The summed E-state index contributed by atoms with van der Waals surface area (Å²) in [6.07, 6.45) is 2.77. The Kier molecular flexibility index (Phi) is 5.36. The van der Waals surface area contributed by atoms with Crippen molar-refractivity contribution >= 4 is 5.78 Å². The second-order valence-corrected chi connectivity index (χ2v) is 4.83. The number of aliphatic hydroxyl groups is 1. The monoisotopic (exact) mass is 234 g/mol. The minimum atomic E-state index is -0.334. The minimum Gasteiger partial charge on any atom is -0.396 e. The molecule has 0 saturated heterocycles. The van der Waals surface area contributed by atoms with E-state index in [9.17, 15) is 4.79 Å². The van der Waals surface area contributed by atoms with Gasteiger partial charge in [0, 0.05) is 18.4 Å². The molecule has 0 amide bonds. The molecule has 2 nitrogen and oxygen atoms in total. The van der Waals surface area contributed by atoms with Crippen LogP contribution < -0.4 is 0 Å². The SMILES string of the molecule is CCC(=O)[C@](C)(CCCO)Cc1ccccc1. The number of hydrogen-bond acceptors (Lipinski definition) is 2. The van der Waals surface area contributed by atoms with E-state index in [1.807, 2.05) is 32.0 Å². The van der Waals surface area contributed by atoms with Gasteiger partial charge in [0.15, 0.2) is 0 Å². The quantitative estimate of drug-likeness (QED) is 0.787. The van der Waals surface area contributed by atoms with E-state index in [4.69, 9.17) is 5.11 Å². The van der Waals surface area contributed by atoms with E-state index in [2.05, 4.69) is 12.1 Å². The molecule has 0 saturated carbocycles. The van der Waals surface area contributed by atoms with Crippen LogP contribution in [0.25, 0.3) is 0 Å². The van der Waals surface area contributed by atoms with Gasteiger partial charge < -0.3 is 5.11 Å². The highest BCUT2D eigenvalue weighted by atomic mass is 16.3. The maximum absolute atomic E-state index is 12.1. The van der Waals surface area contributed by atoms with Crippen molar-refractivity contribution in [2.75, 3.05) is 6.61 Å². The lowest BCUT2D eigenvalue weighted by molar-refractivity contribution is -0.128. The predicted molar refractivity (Wildman–Crippen MR) is 69.9 cm³/mol. The number of benzene rings is 1. The van der Waals surface area contributed by atoms with Crippen LogP contribution in [0.2, 0.25) is 0 Å². The Balaban J connectivity index is 2.80. The molecular formula is C15H22O2. The molecule has 94 valence electrons. The maximum atomic E-state index is 12.1. The highest BCUT2D eigenvalue weighted by Crippen LogP contribution is 2.30. The number of ketones is 1. The Morgan fingerprint density at radius 3 is 2.47 bits per heavy atom. The summed E-state index contributed by atoms with van der Waals surface area (Å²) >= 11 is 0. The number of carbonyl (C=O) groups excluding carboxylic acids is 1. The molecular weight excluding hydrogens is 212 g/mol. The summed E-state index contributed by atoms with van der Waals surface area (Å²) in [5, 5.41) is 8.94. The van der Waals surface area contributed by atoms with Crippen LogP contribution in [0.15, 0.2) is 30.3 Å². The average Bonchev–Trinajstić information content (AvgIpc) is 2.36. The standard InChI is InChI=1S/C15H22O2/c1-3-14(17)15(2,10-7-11-16)12-13-8-5-4-6-9-13/h4-6,8-9,16H,3,7,10-12H2,1-2H3/t15-/m1/s1. The lowest BCUT2D eigenvalue weighted by Crippen LogP contribution is -2.30. The third kappa shape index (κ3) is 3.97. The van der Waals surface area contributed by atoms with Crippen molar-refractivity contribution in [1.82, 2.24) is 0 Å². The molecule has 0 aliphatic heterocycles. The van der Waals surface area contributed by atoms with Gasteiger partial charge in [-0.2, -0.15) is 0 Å². The molecule has 1 rings (SSSR count). The molecule has 1 N–H and O–H groups in total. The van der Waals surface area contributed by atoms with Gasteiger partial charge in [0.2, 0.25) is 0 Å². The van der Waals surface area contributed by atoms with Crippen molar-refractivity contribution in [2.45, 2.75) is 39.5 Å². The van der Waals surface area contributed by atoms with Gasteiger partial charge in [0.25, 0.3) is 0 Å². The van der Waals surface area contributed by atoms with E-state index < -0.39 is 0 Å². The second-order valence-electron chi connectivity index (χ2n) is 4.83. The van der Waals surface area contributed by atoms with Crippen molar-refractivity contribution in [1.29, 1.82) is 0 Å². The van der Waals surface area contributed by atoms with E-state index in [-0.39, 0.29) is 17.8 Å². The normalized spacial score (nSPS) is 14.3.